The average Bonchev–Trinajstić information content (AvgIpc) is 2.34. The Kier molecular flexibility index (Phi) is 6.50. The Morgan fingerprint density at radius 1 is 1.35 bits per heavy atom. The van der Waals surface area contributed by atoms with Gasteiger partial charge in [0.15, 0.2) is 0 Å². The molecule has 0 spiro atoms. The van der Waals surface area contributed by atoms with Crippen molar-refractivity contribution in [1.82, 2.24) is 10.2 Å². The minimum Gasteiger partial charge on any atom is -0.339 e. The Labute approximate surface area is 127 Å². The van der Waals surface area contributed by atoms with Crippen LogP contribution in [0.5, 0.6) is 0 Å². The van der Waals surface area contributed by atoms with Crippen molar-refractivity contribution in [1.29, 1.82) is 0 Å². The molecular weight excluding hydrogens is 272 g/mol. The van der Waals surface area contributed by atoms with Gasteiger partial charge in [-0.05, 0) is 45.4 Å². The highest BCUT2D eigenvalue weighted by Gasteiger charge is 2.14. The maximum absolute atomic E-state index is 12.2. The summed E-state index contributed by atoms with van der Waals surface area (Å²) in [6, 6.07) is 7.66. The van der Waals surface area contributed by atoms with Crippen molar-refractivity contribution >= 4 is 17.5 Å². The fourth-order valence-electron chi connectivity index (χ4n) is 1.93. The van der Waals surface area contributed by atoms with Crippen LogP contribution in [0.15, 0.2) is 24.3 Å². The molecule has 0 aliphatic carbocycles. The Hall–Kier alpha value is -1.06. The summed E-state index contributed by atoms with van der Waals surface area (Å²) < 4.78 is 0. The number of nitrogens with zero attached hydrogens (tertiary/aromatic N) is 1. The first kappa shape index (κ1) is 17.0. The molecule has 3 nitrogen and oxygen atoms in total. The van der Waals surface area contributed by atoms with Crippen LogP contribution < -0.4 is 5.32 Å². The van der Waals surface area contributed by atoms with E-state index >= 15 is 0 Å². The molecule has 0 saturated carbocycles. The number of nitrogens with one attached hydrogen (secondary N) is 1. The molecule has 1 amide bonds. The second-order valence-corrected chi connectivity index (χ2v) is 6.40. The van der Waals surface area contributed by atoms with E-state index in [2.05, 4.69) is 26.1 Å². The van der Waals surface area contributed by atoms with Gasteiger partial charge in [0.05, 0.1) is 0 Å². The zero-order valence-electron chi connectivity index (χ0n) is 12.9. The normalized spacial score (nSPS) is 11.4. The molecule has 0 fully saturated rings. The summed E-state index contributed by atoms with van der Waals surface area (Å²) in [5.41, 5.74) is 1.11. The monoisotopic (exact) mass is 296 g/mol. The molecule has 0 heterocycles. The average molecular weight is 297 g/mol. The summed E-state index contributed by atoms with van der Waals surface area (Å²) in [6.07, 6.45) is 0.520. The molecule has 0 aliphatic heterocycles. The maximum Gasteiger partial charge on any atom is 0.224 e. The van der Waals surface area contributed by atoms with Crippen LogP contribution in [0, 0.1) is 0 Å². The van der Waals surface area contributed by atoms with Crippen molar-refractivity contribution in [3.05, 3.63) is 34.9 Å². The summed E-state index contributed by atoms with van der Waals surface area (Å²) in [7, 11) is 0. The number of benzene rings is 1. The third-order valence-corrected chi connectivity index (χ3v) is 3.23. The van der Waals surface area contributed by atoms with Crippen LogP contribution >= 0.6 is 11.6 Å². The van der Waals surface area contributed by atoms with E-state index in [0.29, 0.717) is 31.1 Å². The van der Waals surface area contributed by atoms with Crippen molar-refractivity contribution in [3.63, 3.8) is 0 Å². The third kappa shape index (κ3) is 6.40. The molecule has 4 heteroatoms. The first-order chi connectivity index (χ1) is 9.31. The number of carbonyl (C=O) groups excluding carboxylic acids is 1. The van der Waals surface area contributed by atoms with E-state index < -0.39 is 0 Å². The van der Waals surface area contributed by atoms with Gasteiger partial charge in [0, 0.05) is 36.6 Å². The predicted molar refractivity (Wildman–Crippen MR) is 84.9 cm³/mol. The lowest BCUT2D eigenvalue weighted by Gasteiger charge is -2.24. The molecule has 20 heavy (non-hydrogen) atoms. The number of halogens is 1. The number of amides is 1. The lowest BCUT2D eigenvalue weighted by molar-refractivity contribution is -0.131. The molecular formula is C16H25ClN2O. The van der Waals surface area contributed by atoms with Crippen LogP contribution in [-0.4, -0.2) is 29.4 Å². The highest BCUT2D eigenvalue weighted by molar-refractivity contribution is 6.30. The highest BCUT2D eigenvalue weighted by Crippen LogP contribution is 2.13. The Balaban J connectivity index is 2.51. The van der Waals surface area contributed by atoms with E-state index in [9.17, 15) is 4.79 Å². The third-order valence-electron chi connectivity index (χ3n) is 2.99. The van der Waals surface area contributed by atoms with E-state index in [-0.39, 0.29) is 11.4 Å². The van der Waals surface area contributed by atoms with Gasteiger partial charge in [0.2, 0.25) is 5.91 Å². The molecule has 1 N–H and O–H groups in total. The minimum atomic E-state index is 0.0459. The number of rotatable bonds is 6. The zero-order chi connectivity index (χ0) is 15.2. The van der Waals surface area contributed by atoms with Gasteiger partial charge in [-0.2, -0.15) is 0 Å². The topological polar surface area (TPSA) is 32.3 Å². The molecule has 1 aromatic rings. The van der Waals surface area contributed by atoms with Crippen LogP contribution in [-0.2, 0) is 11.3 Å². The SMILES string of the molecule is CCN(Cc1cccc(Cl)c1)C(=O)CCNC(C)(C)C. The maximum atomic E-state index is 12.2. The van der Waals surface area contributed by atoms with Crippen LogP contribution in [0.1, 0.15) is 39.7 Å². The molecule has 0 aliphatic rings. The second-order valence-electron chi connectivity index (χ2n) is 5.96. The quantitative estimate of drug-likeness (QED) is 0.872. The molecule has 0 atom stereocenters. The standard InChI is InChI=1S/C16H25ClN2O/c1-5-19(12-13-7-6-8-14(17)11-13)15(20)9-10-18-16(2,3)4/h6-8,11,18H,5,9-10,12H2,1-4H3. The lowest BCUT2D eigenvalue weighted by atomic mass is 10.1. The predicted octanol–water partition coefficient (Wildman–Crippen LogP) is 3.47. The first-order valence-electron chi connectivity index (χ1n) is 7.09. The zero-order valence-corrected chi connectivity index (χ0v) is 13.6. The molecule has 1 rings (SSSR count). The van der Waals surface area contributed by atoms with Crippen LogP contribution in [0.25, 0.3) is 0 Å². The molecule has 112 valence electrons. The Morgan fingerprint density at radius 3 is 2.60 bits per heavy atom. The molecule has 0 unspecified atom stereocenters. The Morgan fingerprint density at radius 2 is 2.05 bits per heavy atom. The van der Waals surface area contributed by atoms with Crippen molar-refractivity contribution in [3.8, 4) is 0 Å². The lowest BCUT2D eigenvalue weighted by Crippen LogP contribution is -2.39. The summed E-state index contributed by atoms with van der Waals surface area (Å²) in [4.78, 5) is 14.1. The van der Waals surface area contributed by atoms with E-state index in [1.54, 1.807) is 0 Å². The summed E-state index contributed by atoms with van der Waals surface area (Å²) in [6.45, 7) is 10.3. The van der Waals surface area contributed by atoms with Crippen molar-refractivity contribution in [2.24, 2.45) is 0 Å². The van der Waals surface area contributed by atoms with Gasteiger partial charge in [-0.15, -0.1) is 0 Å². The van der Waals surface area contributed by atoms with Gasteiger partial charge in [-0.3, -0.25) is 4.79 Å². The largest absolute Gasteiger partial charge is 0.339 e. The molecule has 0 bridgehead atoms. The Bertz CT molecular complexity index is 440. The van der Waals surface area contributed by atoms with Crippen molar-refractivity contribution in [2.75, 3.05) is 13.1 Å². The second kappa shape index (κ2) is 7.65. The van der Waals surface area contributed by atoms with Gasteiger partial charge in [0.1, 0.15) is 0 Å². The van der Waals surface area contributed by atoms with Gasteiger partial charge in [-0.1, -0.05) is 23.7 Å². The smallest absolute Gasteiger partial charge is 0.224 e. The van der Waals surface area contributed by atoms with Gasteiger partial charge in [0.25, 0.3) is 0 Å². The summed E-state index contributed by atoms with van der Waals surface area (Å²) in [5.74, 6) is 0.171. The molecule has 0 saturated heterocycles. The number of hydrogen-bond donors (Lipinski definition) is 1. The minimum absolute atomic E-state index is 0.0459. The number of carbonyl (C=O) groups is 1. The van der Waals surface area contributed by atoms with E-state index in [4.69, 9.17) is 11.6 Å². The van der Waals surface area contributed by atoms with E-state index in [1.807, 2.05) is 36.1 Å². The van der Waals surface area contributed by atoms with E-state index in [1.165, 1.54) is 0 Å². The van der Waals surface area contributed by atoms with Gasteiger partial charge in [-0.25, -0.2) is 0 Å². The van der Waals surface area contributed by atoms with Crippen molar-refractivity contribution in [2.45, 2.75) is 46.2 Å². The molecule has 1 aromatic carbocycles. The van der Waals surface area contributed by atoms with Gasteiger partial charge >= 0.3 is 0 Å². The van der Waals surface area contributed by atoms with Crippen LogP contribution in [0.3, 0.4) is 0 Å². The fraction of sp³-hybridized carbons (Fsp3) is 0.562. The summed E-state index contributed by atoms with van der Waals surface area (Å²) in [5, 5.41) is 4.04. The highest BCUT2D eigenvalue weighted by atomic mass is 35.5. The van der Waals surface area contributed by atoms with Crippen molar-refractivity contribution < 1.29 is 4.79 Å². The number of hydrogen-bond acceptors (Lipinski definition) is 2. The molecule has 0 aromatic heterocycles. The van der Waals surface area contributed by atoms with E-state index in [0.717, 1.165) is 5.56 Å². The van der Waals surface area contributed by atoms with Gasteiger partial charge < -0.3 is 10.2 Å². The summed E-state index contributed by atoms with van der Waals surface area (Å²) >= 11 is 5.97. The fourth-order valence-corrected chi connectivity index (χ4v) is 2.15. The van der Waals surface area contributed by atoms with Crippen LogP contribution in [0.2, 0.25) is 5.02 Å². The molecule has 0 radical (unpaired) electrons. The first-order valence-corrected chi connectivity index (χ1v) is 7.47. The van der Waals surface area contributed by atoms with Crippen LogP contribution in [0.4, 0.5) is 0 Å².